The van der Waals surface area contributed by atoms with Crippen molar-refractivity contribution in [2.24, 2.45) is 0 Å². The molecule has 1 saturated heterocycles. The van der Waals surface area contributed by atoms with Crippen LogP contribution >= 0.6 is 0 Å². The molecule has 1 aliphatic heterocycles. The molecule has 2 N–H and O–H groups in total. The lowest BCUT2D eigenvalue weighted by Crippen LogP contribution is -2.54. The van der Waals surface area contributed by atoms with E-state index in [1.165, 1.54) is 0 Å². The van der Waals surface area contributed by atoms with Crippen molar-refractivity contribution < 1.29 is 9.94 Å². The molecule has 0 amide bonds. The Morgan fingerprint density at radius 1 is 1.42 bits per heavy atom. The van der Waals surface area contributed by atoms with E-state index < -0.39 is 0 Å². The van der Waals surface area contributed by atoms with Gasteiger partial charge in [0.15, 0.2) is 0 Å². The Labute approximate surface area is 73.5 Å². The largest absolute Gasteiger partial charge is 0.379 e. The summed E-state index contributed by atoms with van der Waals surface area (Å²) in [4.78, 5) is 2.32. The van der Waals surface area contributed by atoms with Crippen LogP contribution in [0.25, 0.3) is 0 Å². The van der Waals surface area contributed by atoms with E-state index in [2.05, 4.69) is 24.2 Å². The first kappa shape index (κ1) is 9.92. The molecule has 1 fully saturated rings. The minimum absolute atomic E-state index is 0.0124. The number of nitrogens with one attached hydrogen (secondary N) is 1. The highest BCUT2D eigenvalue weighted by atomic mass is 16.5. The molecule has 1 aliphatic rings. The van der Waals surface area contributed by atoms with E-state index >= 15 is 0 Å². The molecule has 0 saturated carbocycles. The fraction of sp³-hybridized carbons (Fsp3) is 1.00. The van der Waals surface area contributed by atoms with Gasteiger partial charge in [-0.2, -0.15) is 0 Å². The molecule has 0 aromatic rings. The molecule has 1 heterocycles. The van der Waals surface area contributed by atoms with E-state index in [9.17, 15) is 0 Å². The molecule has 0 atom stereocenters. The third kappa shape index (κ3) is 2.42. The topological polar surface area (TPSA) is 44.7 Å². The second-order valence-corrected chi connectivity index (χ2v) is 3.75. The van der Waals surface area contributed by atoms with Crippen molar-refractivity contribution in [2.45, 2.75) is 19.4 Å². The number of nitrogens with zero attached hydrogens (tertiary/aromatic N) is 1. The lowest BCUT2D eigenvalue weighted by Gasteiger charge is -2.40. The Kier molecular flexibility index (Phi) is 3.46. The van der Waals surface area contributed by atoms with Gasteiger partial charge in [0.05, 0.1) is 13.2 Å². The highest BCUT2D eigenvalue weighted by Gasteiger charge is 2.27. The summed E-state index contributed by atoms with van der Waals surface area (Å²) >= 11 is 0. The maximum atomic E-state index is 8.62. The Hall–Kier alpha value is -0.160. The maximum absolute atomic E-state index is 8.62. The van der Waals surface area contributed by atoms with Crippen LogP contribution in [0, 0.1) is 0 Å². The van der Waals surface area contributed by atoms with E-state index in [0.717, 1.165) is 26.3 Å². The monoisotopic (exact) mass is 174 g/mol. The Bertz CT molecular complexity index is 133. The second kappa shape index (κ2) is 4.18. The number of hydroxylamine groups is 1. The zero-order valence-electron chi connectivity index (χ0n) is 7.84. The molecule has 4 heteroatoms. The van der Waals surface area contributed by atoms with Crippen LogP contribution in [0.5, 0.6) is 0 Å². The van der Waals surface area contributed by atoms with Crippen molar-refractivity contribution in [1.29, 1.82) is 0 Å². The minimum Gasteiger partial charge on any atom is -0.379 e. The molecule has 0 aromatic carbocycles. The molecular weight excluding hydrogens is 156 g/mol. The van der Waals surface area contributed by atoms with Gasteiger partial charge in [0.1, 0.15) is 0 Å². The highest BCUT2D eigenvalue weighted by molar-refractivity contribution is 4.83. The predicted octanol–water partition coefficient (Wildman–Crippen LogP) is 0.0760. The molecule has 0 unspecified atom stereocenters. The molecule has 12 heavy (non-hydrogen) atoms. The van der Waals surface area contributed by atoms with Crippen LogP contribution in [-0.2, 0) is 4.74 Å². The first-order valence-electron chi connectivity index (χ1n) is 4.36. The summed E-state index contributed by atoms with van der Waals surface area (Å²) in [6.45, 7) is 8.32. The number of rotatable bonds is 3. The minimum atomic E-state index is 0.0124. The van der Waals surface area contributed by atoms with Gasteiger partial charge in [0.2, 0.25) is 0 Å². The van der Waals surface area contributed by atoms with Crippen molar-refractivity contribution in [2.75, 3.05) is 32.8 Å². The van der Waals surface area contributed by atoms with Gasteiger partial charge in [0, 0.05) is 25.2 Å². The molecule has 0 radical (unpaired) electrons. The van der Waals surface area contributed by atoms with Gasteiger partial charge >= 0.3 is 0 Å². The smallest absolute Gasteiger partial charge is 0.0594 e. The summed E-state index contributed by atoms with van der Waals surface area (Å²) in [6, 6.07) is 0. The van der Waals surface area contributed by atoms with Crippen LogP contribution in [0.1, 0.15) is 13.8 Å². The van der Waals surface area contributed by atoms with Crippen LogP contribution < -0.4 is 5.48 Å². The standard InChI is InChI=1S/C8H18N2O2/c1-8(2,7-9-11)10-3-5-12-6-4-10/h9,11H,3-7H2,1-2H3. The summed E-state index contributed by atoms with van der Waals surface area (Å²) in [5.74, 6) is 0. The van der Waals surface area contributed by atoms with Gasteiger partial charge < -0.3 is 9.94 Å². The summed E-state index contributed by atoms with van der Waals surface area (Å²) in [6.07, 6.45) is 0. The molecule has 1 rings (SSSR count). The van der Waals surface area contributed by atoms with Crippen molar-refractivity contribution in [3.63, 3.8) is 0 Å². The maximum Gasteiger partial charge on any atom is 0.0594 e. The summed E-state index contributed by atoms with van der Waals surface area (Å²) < 4.78 is 5.25. The highest BCUT2D eigenvalue weighted by Crippen LogP contribution is 2.14. The van der Waals surface area contributed by atoms with Crippen LogP contribution in [0.2, 0.25) is 0 Å². The normalized spacial score (nSPS) is 21.2. The SMILES string of the molecule is CC(C)(CNO)N1CCOCC1. The molecule has 0 spiro atoms. The molecule has 0 aromatic heterocycles. The lowest BCUT2D eigenvalue weighted by atomic mass is 10.0. The van der Waals surface area contributed by atoms with Crippen molar-refractivity contribution in [3.05, 3.63) is 0 Å². The molecular formula is C8H18N2O2. The van der Waals surface area contributed by atoms with Crippen LogP contribution in [0.3, 0.4) is 0 Å². The Morgan fingerprint density at radius 3 is 2.50 bits per heavy atom. The van der Waals surface area contributed by atoms with Crippen molar-refractivity contribution in [3.8, 4) is 0 Å². The molecule has 72 valence electrons. The van der Waals surface area contributed by atoms with E-state index in [4.69, 9.17) is 9.94 Å². The third-order valence-electron chi connectivity index (χ3n) is 2.38. The van der Waals surface area contributed by atoms with Crippen LogP contribution in [-0.4, -0.2) is 48.5 Å². The third-order valence-corrected chi connectivity index (χ3v) is 2.38. The molecule has 0 bridgehead atoms. The zero-order chi connectivity index (χ0) is 9.03. The number of morpholine rings is 1. The summed E-state index contributed by atoms with van der Waals surface area (Å²) in [5.41, 5.74) is 2.24. The van der Waals surface area contributed by atoms with Crippen molar-refractivity contribution in [1.82, 2.24) is 10.4 Å². The average molecular weight is 174 g/mol. The van der Waals surface area contributed by atoms with Crippen LogP contribution in [0.15, 0.2) is 0 Å². The molecule has 0 aliphatic carbocycles. The number of ether oxygens (including phenoxy) is 1. The quantitative estimate of drug-likeness (QED) is 0.595. The van der Waals surface area contributed by atoms with Gasteiger partial charge in [0.25, 0.3) is 0 Å². The van der Waals surface area contributed by atoms with Crippen LogP contribution in [0.4, 0.5) is 0 Å². The van der Waals surface area contributed by atoms with Gasteiger partial charge in [-0.3, -0.25) is 4.90 Å². The fourth-order valence-corrected chi connectivity index (χ4v) is 1.47. The number of hydrogen-bond donors (Lipinski definition) is 2. The first-order valence-corrected chi connectivity index (χ1v) is 4.36. The zero-order valence-corrected chi connectivity index (χ0v) is 7.84. The number of hydrogen-bond acceptors (Lipinski definition) is 4. The predicted molar refractivity (Wildman–Crippen MR) is 46.3 cm³/mol. The fourth-order valence-electron chi connectivity index (χ4n) is 1.47. The van der Waals surface area contributed by atoms with Gasteiger partial charge in [-0.25, -0.2) is 5.48 Å². The Balaban J connectivity index is 2.41. The van der Waals surface area contributed by atoms with E-state index in [1.807, 2.05) is 0 Å². The first-order chi connectivity index (χ1) is 5.67. The van der Waals surface area contributed by atoms with E-state index in [1.54, 1.807) is 0 Å². The van der Waals surface area contributed by atoms with E-state index in [-0.39, 0.29) is 5.54 Å². The van der Waals surface area contributed by atoms with Gasteiger partial charge in [-0.15, -0.1) is 0 Å². The lowest BCUT2D eigenvalue weighted by molar-refractivity contribution is -0.0210. The second-order valence-electron chi connectivity index (χ2n) is 3.75. The van der Waals surface area contributed by atoms with E-state index in [0.29, 0.717) is 6.54 Å². The summed E-state index contributed by atoms with van der Waals surface area (Å²) in [7, 11) is 0. The Morgan fingerprint density at radius 2 is 2.00 bits per heavy atom. The van der Waals surface area contributed by atoms with Crippen molar-refractivity contribution >= 4 is 0 Å². The van der Waals surface area contributed by atoms with Gasteiger partial charge in [-0.1, -0.05) is 0 Å². The van der Waals surface area contributed by atoms with Gasteiger partial charge in [-0.05, 0) is 13.8 Å². The summed E-state index contributed by atoms with van der Waals surface area (Å²) in [5, 5.41) is 8.62. The average Bonchev–Trinajstić information content (AvgIpc) is 2.06. The molecule has 4 nitrogen and oxygen atoms in total.